The fraction of sp³-hybridized carbons (Fsp3) is 0.150. The molecule has 0 unspecified atom stereocenters. The second-order valence-electron chi connectivity index (χ2n) is 5.86. The molecule has 1 amide bonds. The van der Waals surface area contributed by atoms with Crippen molar-refractivity contribution in [2.24, 2.45) is 0 Å². The van der Waals surface area contributed by atoms with Gasteiger partial charge in [-0.1, -0.05) is 43.3 Å². The molecular formula is C20H18IN3OS2. The molecule has 0 spiro atoms. The number of benzene rings is 2. The molecule has 3 rings (SSSR count). The zero-order chi connectivity index (χ0) is 19.4. The molecule has 2 aromatic carbocycles. The lowest BCUT2D eigenvalue weighted by molar-refractivity contribution is 0.0977. The normalized spacial score (nSPS) is 10.5. The monoisotopic (exact) mass is 507 g/mol. The van der Waals surface area contributed by atoms with Crippen LogP contribution in [0.5, 0.6) is 0 Å². The van der Waals surface area contributed by atoms with Crippen LogP contribution < -0.4 is 10.6 Å². The van der Waals surface area contributed by atoms with Gasteiger partial charge in [0.25, 0.3) is 5.91 Å². The molecule has 4 nitrogen and oxygen atoms in total. The number of halogens is 1. The van der Waals surface area contributed by atoms with Gasteiger partial charge in [0.2, 0.25) is 0 Å². The van der Waals surface area contributed by atoms with Crippen molar-refractivity contribution in [3.8, 4) is 11.3 Å². The molecule has 0 aliphatic carbocycles. The third-order valence-electron chi connectivity index (χ3n) is 4.00. The smallest absolute Gasteiger partial charge is 0.258 e. The molecule has 0 aliphatic heterocycles. The molecule has 2 N–H and O–H groups in total. The van der Waals surface area contributed by atoms with E-state index < -0.39 is 0 Å². The second kappa shape index (κ2) is 8.90. The summed E-state index contributed by atoms with van der Waals surface area (Å²) in [5, 5.41) is 6.63. The molecule has 0 radical (unpaired) electrons. The molecule has 0 aliphatic rings. The highest BCUT2D eigenvalue weighted by atomic mass is 127. The quantitative estimate of drug-likeness (QED) is 0.366. The number of thiazole rings is 1. The van der Waals surface area contributed by atoms with E-state index in [0.717, 1.165) is 26.1 Å². The van der Waals surface area contributed by atoms with Crippen molar-refractivity contribution in [3.05, 3.63) is 68.1 Å². The van der Waals surface area contributed by atoms with Gasteiger partial charge in [0.15, 0.2) is 10.2 Å². The molecule has 7 heteroatoms. The lowest BCUT2D eigenvalue weighted by Crippen LogP contribution is -2.34. The van der Waals surface area contributed by atoms with Gasteiger partial charge in [-0.15, -0.1) is 11.3 Å². The van der Waals surface area contributed by atoms with Gasteiger partial charge in [0.05, 0.1) is 11.3 Å². The summed E-state index contributed by atoms with van der Waals surface area (Å²) in [6, 6.07) is 15.8. The molecule has 27 heavy (non-hydrogen) atoms. The number of rotatable bonds is 4. The van der Waals surface area contributed by atoms with Crippen LogP contribution in [0, 0.1) is 10.5 Å². The average Bonchev–Trinajstić information content (AvgIpc) is 3.02. The number of hydrogen-bond acceptors (Lipinski definition) is 4. The predicted molar refractivity (Wildman–Crippen MR) is 125 cm³/mol. The molecule has 0 saturated heterocycles. The number of anilines is 1. The van der Waals surface area contributed by atoms with E-state index in [0.29, 0.717) is 10.7 Å². The van der Waals surface area contributed by atoms with Crippen LogP contribution in [0.1, 0.15) is 27.7 Å². The van der Waals surface area contributed by atoms with Crippen molar-refractivity contribution in [1.29, 1.82) is 0 Å². The SMILES string of the molecule is CCc1ccc(-c2nc(NC(=S)NC(=O)c3ccccc3I)sc2C)cc1. The van der Waals surface area contributed by atoms with E-state index in [2.05, 4.69) is 69.4 Å². The topological polar surface area (TPSA) is 54.0 Å². The Morgan fingerprint density at radius 2 is 1.89 bits per heavy atom. The van der Waals surface area contributed by atoms with E-state index >= 15 is 0 Å². The molecule has 3 aromatic rings. The number of aromatic nitrogens is 1. The molecule has 1 heterocycles. The summed E-state index contributed by atoms with van der Waals surface area (Å²) in [5.74, 6) is -0.235. The zero-order valence-electron chi connectivity index (χ0n) is 14.9. The van der Waals surface area contributed by atoms with E-state index in [1.54, 1.807) is 6.07 Å². The third kappa shape index (κ3) is 4.91. The molecule has 1 aromatic heterocycles. The van der Waals surface area contributed by atoms with Crippen LogP contribution in [-0.4, -0.2) is 16.0 Å². The van der Waals surface area contributed by atoms with E-state index in [1.807, 2.05) is 25.1 Å². The number of carbonyl (C=O) groups is 1. The van der Waals surface area contributed by atoms with Crippen molar-refractivity contribution < 1.29 is 4.79 Å². The Hall–Kier alpha value is -1.84. The number of carbonyl (C=O) groups excluding carboxylic acids is 1. The Labute approximate surface area is 181 Å². The maximum atomic E-state index is 12.4. The van der Waals surface area contributed by atoms with E-state index in [1.165, 1.54) is 16.9 Å². The van der Waals surface area contributed by atoms with Crippen LogP contribution in [0.25, 0.3) is 11.3 Å². The summed E-state index contributed by atoms with van der Waals surface area (Å²) in [6.07, 6.45) is 1.01. The Balaban J connectivity index is 1.70. The number of nitrogens with zero attached hydrogens (tertiary/aromatic N) is 1. The van der Waals surface area contributed by atoms with Gasteiger partial charge in [-0.05, 0) is 65.8 Å². The average molecular weight is 507 g/mol. The number of hydrogen-bond donors (Lipinski definition) is 2. The summed E-state index contributed by atoms with van der Waals surface area (Å²) in [7, 11) is 0. The van der Waals surface area contributed by atoms with Gasteiger partial charge in [-0.25, -0.2) is 4.98 Å². The number of amides is 1. The van der Waals surface area contributed by atoms with Gasteiger partial charge < -0.3 is 5.32 Å². The Morgan fingerprint density at radius 1 is 1.19 bits per heavy atom. The first-order chi connectivity index (χ1) is 13.0. The van der Waals surface area contributed by atoms with Gasteiger partial charge in [0.1, 0.15) is 0 Å². The predicted octanol–water partition coefficient (Wildman–Crippen LogP) is 5.41. The minimum absolute atomic E-state index is 0.235. The van der Waals surface area contributed by atoms with Gasteiger partial charge in [-0.3, -0.25) is 10.1 Å². The summed E-state index contributed by atoms with van der Waals surface area (Å²) >= 11 is 8.92. The van der Waals surface area contributed by atoms with E-state index in [4.69, 9.17) is 12.2 Å². The highest BCUT2D eigenvalue weighted by Crippen LogP contribution is 2.30. The van der Waals surface area contributed by atoms with Crippen molar-refractivity contribution >= 4 is 62.3 Å². The highest BCUT2D eigenvalue weighted by molar-refractivity contribution is 14.1. The first kappa shape index (κ1) is 19.9. The van der Waals surface area contributed by atoms with Crippen LogP contribution in [-0.2, 0) is 6.42 Å². The third-order valence-corrected chi connectivity index (χ3v) is 6.03. The van der Waals surface area contributed by atoms with Crippen LogP contribution >= 0.6 is 46.1 Å². The van der Waals surface area contributed by atoms with Gasteiger partial charge >= 0.3 is 0 Å². The Kier molecular flexibility index (Phi) is 6.56. The summed E-state index contributed by atoms with van der Waals surface area (Å²) in [4.78, 5) is 18.1. The van der Waals surface area contributed by atoms with E-state index in [-0.39, 0.29) is 11.0 Å². The molecule has 0 bridgehead atoms. The minimum Gasteiger partial charge on any atom is -0.308 e. The van der Waals surface area contributed by atoms with Gasteiger partial charge in [0, 0.05) is 14.0 Å². The number of aryl methyl sites for hydroxylation is 2. The van der Waals surface area contributed by atoms with Crippen molar-refractivity contribution in [3.63, 3.8) is 0 Å². The zero-order valence-corrected chi connectivity index (χ0v) is 18.7. The molecule has 138 valence electrons. The fourth-order valence-electron chi connectivity index (χ4n) is 2.56. The molecule has 0 fully saturated rings. The molecule has 0 atom stereocenters. The lowest BCUT2D eigenvalue weighted by Gasteiger charge is -2.08. The second-order valence-corrected chi connectivity index (χ2v) is 8.64. The van der Waals surface area contributed by atoms with Gasteiger partial charge in [-0.2, -0.15) is 0 Å². The first-order valence-electron chi connectivity index (χ1n) is 8.41. The van der Waals surface area contributed by atoms with Crippen LogP contribution in [0.15, 0.2) is 48.5 Å². The Morgan fingerprint density at radius 3 is 2.56 bits per heavy atom. The standard InChI is InChI=1S/C20H18IN3OS2/c1-3-13-8-10-14(11-9-13)17-12(2)27-20(22-17)24-19(26)23-18(25)15-6-4-5-7-16(15)21/h4-11H,3H2,1-2H3,(H2,22,23,24,25,26). The highest BCUT2D eigenvalue weighted by Gasteiger charge is 2.14. The van der Waals surface area contributed by atoms with Crippen molar-refractivity contribution in [2.45, 2.75) is 20.3 Å². The van der Waals surface area contributed by atoms with Crippen LogP contribution in [0.2, 0.25) is 0 Å². The van der Waals surface area contributed by atoms with Crippen LogP contribution in [0.4, 0.5) is 5.13 Å². The minimum atomic E-state index is -0.235. The molecular weight excluding hydrogens is 489 g/mol. The maximum Gasteiger partial charge on any atom is 0.258 e. The first-order valence-corrected chi connectivity index (χ1v) is 10.7. The number of nitrogens with one attached hydrogen (secondary N) is 2. The molecule has 0 saturated carbocycles. The van der Waals surface area contributed by atoms with Crippen LogP contribution in [0.3, 0.4) is 0 Å². The Bertz CT molecular complexity index is 983. The summed E-state index contributed by atoms with van der Waals surface area (Å²) in [6.45, 7) is 4.16. The number of thiocarbonyl (C=S) groups is 1. The summed E-state index contributed by atoms with van der Waals surface area (Å²) in [5.41, 5.74) is 3.89. The van der Waals surface area contributed by atoms with Crippen molar-refractivity contribution in [1.82, 2.24) is 10.3 Å². The van der Waals surface area contributed by atoms with Crippen molar-refractivity contribution in [2.75, 3.05) is 5.32 Å². The lowest BCUT2D eigenvalue weighted by atomic mass is 10.1. The fourth-order valence-corrected chi connectivity index (χ4v) is 4.29. The van der Waals surface area contributed by atoms with E-state index in [9.17, 15) is 4.79 Å². The summed E-state index contributed by atoms with van der Waals surface area (Å²) < 4.78 is 0.873. The largest absolute Gasteiger partial charge is 0.308 e. The maximum absolute atomic E-state index is 12.4.